The summed E-state index contributed by atoms with van der Waals surface area (Å²) in [5.41, 5.74) is 2.12. The van der Waals surface area contributed by atoms with Crippen molar-refractivity contribution in [2.75, 3.05) is 5.32 Å². The van der Waals surface area contributed by atoms with E-state index in [4.69, 9.17) is 4.42 Å². The first-order valence-electron chi connectivity index (χ1n) is 7.47. The fourth-order valence-electron chi connectivity index (χ4n) is 2.42. The number of carbonyl (C=O) groups is 1. The lowest BCUT2D eigenvalue weighted by Crippen LogP contribution is -2.11. The van der Waals surface area contributed by atoms with Crippen LogP contribution in [0.2, 0.25) is 0 Å². The number of carbonyl (C=O) groups excluding carboxylic acids is 1. The summed E-state index contributed by atoms with van der Waals surface area (Å²) in [5, 5.41) is 3.63. The predicted octanol–water partition coefficient (Wildman–Crippen LogP) is 4.14. The summed E-state index contributed by atoms with van der Waals surface area (Å²) in [7, 11) is 0. The Hall–Kier alpha value is -3.47. The number of fused-ring (bicyclic) bond motifs is 1. The first kappa shape index (κ1) is 14.1. The van der Waals surface area contributed by atoms with E-state index in [-0.39, 0.29) is 11.7 Å². The predicted molar refractivity (Wildman–Crippen MR) is 91.6 cm³/mol. The summed E-state index contributed by atoms with van der Waals surface area (Å²) in [4.78, 5) is 20.8. The van der Waals surface area contributed by atoms with Crippen molar-refractivity contribution in [2.24, 2.45) is 0 Å². The molecule has 24 heavy (non-hydrogen) atoms. The first-order chi connectivity index (χ1) is 11.8. The maximum absolute atomic E-state index is 12.3. The molecule has 0 spiro atoms. The highest BCUT2D eigenvalue weighted by molar-refractivity contribution is 6.04. The van der Waals surface area contributed by atoms with Crippen molar-refractivity contribution in [3.8, 4) is 11.4 Å². The van der Waals surface area contributed by atoms with Crippen LogP contribution in [0.3, 0.4) is 0 Å². The van der Waals surface area contributed by atoms with E-state index in [9.17, 15) is 4.79 Å². The molecule has 0 saturated heterocycles. The second-order valence-electron chi connectivity index (χ2n) is 5.26. The highest BCUT2D eigenvalue weighted by Gasteiger charge is 2.12. The normalized spacial score (nSPS) is 10.7. The van der Waals surface area contributed by atoms with E-state index in [1.54, 1.807) is 18.5 Å². The van der Waals surface area contributed by atoms with Gasteiger partial charge in [0, 0.05) is 10.9 Å². The zero-order valence-corrected chi connectivity index (χ0v) is 12.6. The molecule has 0 unspecified atom stereocenters. The summed E-state index contributed by atoms with van der Waals surface area (Å²) >= 11 is 0. The highest BCUT2D eigenvalue weighted by Crippen LogP contribution is 2.20. The minimum atomic E-state index is -0.331. The SMILES string of the molecule is O=C(Nc1cnc(-c2ccccc2)nc1)c1cc2ccccc2o1. The zero-order valence-electron chi connectivity index (χ0n) is 12.6. The molecule has 5 nitrogen and oxygen atoms in total. The van der Waals surface area contributed by atoms with Crippen molar-refractivity contribution in [1.82, 2.24) is 9.97 Å². The Morgan fingerprint density at radius 2 is 1.62 bits per heavy atom. The molecular formula is C19H13N3O2. The summed E-state index contributed by atoms with van der Waals surface area (Å²) in [6, 6.07) is 18.8. The van der Waals surface area contributed by atoms with Crippen molar-refractivity contribution in [2.45, 2.75) is 0 Å². The van der Waals surface area contributed by atoms with Gasteiger partial charge in [0.2, 0.25) is 0 Å². The van der Waals surface area contributed by atoms with Gasteiger partial charge in [-0.3, -0.25) is 4.79 Å². The van der Waals surface area contributed by atoms with Crippen LogP contribution in [0.5, 0.6) is 0 Å². The lowest BCUT2D eigenvalue weighted by molar-refractivity contribution is 0.0998. The Bertz CT molecular complexity index is 959. The Balaban J connectivity index is 1.53. The van der Waals surface area contributed by atoms with Gasteiger partial charge in [0.25, 0.3) is 5.91 Å². The maximum Gasteiger partial charge on any atom is 0.291 e. The molecule has 4 aromatic rings. The van der Waals surface area contributed by atoms with Gasteiger partial charge in [0.15, 0.2) is 11.6 Å². The molecule has 116 valence electrons. The van der Waals surface area contributed by atoms with Gasteiger partial charge in [-0.15, -0.1) is 0 Å². The van der Waals surface area contributed by atoms with Gasteiger partial charge in [-0.2, -0.15) is 0 Å². The number of nitrogens with zero attached hydrogens (tertiary/aromatic N) is 2. The molecule has 0 bridgehead atoms. The third-order valence-electron chi connectivity index (χ3n) is 3.59. The van der Waals surface area contributed by atoms with Crippen LogP contribution in [-0.2, 0) is 0 Å². The molecule has 0 aliphatic carbocycles. The van der Waals surface area contributed by atoms with E-state index in [0.717, 1.165) is 10.9 Å². The molecule has 2 aromatic carbocycles. The molecule has 2 aromatic heterocycles. The minimum absolute atomic E-state index is 0.253. The molecule has 0 aliphatic heterocycles. The Morgan fingerprint density at radius 1 is 0.917 bits per heavy atom. The number of hydrogen-bond donors (Lipinski definition) is 1. The number of nitrogens with one attached hydrogen (secondary N) is 1. The van der Waals surface area contributed by atoms with Gasteiger partial charge in [-0.05, 0) is 12.1 Å². The fraction of sp³-hybridized carbons (Fsp3) is 0. The van der Waals surface area contributed by atoms with E-state index in [0.29, 0.717) is 17.1 Å². The van der Waals surface area contributed by atoms with Crippen molar-refractivity contribution in [3.63, 3.8) is 0 Å². The van der Waals surface area contributed by atoms with Crippen LogP contribution < -0.4 is 5.32 Å². The number of rotatable bonds is 3. The van der Waals surface area contributed by atoms with E-state index in [2.05, 4.69) is 15.3 Å². The Morgan fingerprint density at radius 3 is 2.38 bits per heavy atom. The third-order valence-corrected chi connectivity index (χ3v) is 3.59. The van der Waals surface area contributed by atoms with Crippen molar-refractivity contribution in [1.29, 1.82) is 0 Å². The average Bonchev–Trinajstić information content (AvgIpc) is 3.07. The van der Waals surface area contributed by atoms with Gasteiger partial charge in [-0.25, -0.2) is 9.97 Å². The average molecular weight is 315 g/mol. The summed E-state index contributed by atoms with van der Waals surface area (Å²) in [6.07, 6.45) is 3.16. The van der Waals surface area contributed by atoms with Crippen LogP contribution in [0.15, 0.2) is 77.5 Å². The lowest BCUT2D eigenvalue weighted by Gasteiger charge is -2.04. The molecule has 1 N–H and O–H groups in total. The van der Waals surface area contributed by atoms with E-state index < -0.39 is 0 Å². The molecule has 2 heterocycles. The number of para-hydroxylation sites is 1. The number of furan rings is 1. The number of anilines is 1. The van der Waals surface area contributed by atoms with Crippen LogP contribution in [-0.4, -0.2) is 15.9 Å². The van der Waals surface area contributed by atoms with Crippen LogP contribution in [0.4, 0.5) is 5.69 Å². The molecule has 4 rings (SSSR count). The van der Waals surface area contributed by atoms with E-state index in [1.807, 2.05) is 54.6 Å². The van der Waals surface area contributed by atoms with Gasteiger partial charge >= 0.3 is 0 Å². The van der Waals surface area contributed by atoms with Gasteiger partial charge in [-0.1, -0.05) is 48.5 Å². The molecule has 1 amide bonds. The zero-order chi connectivity index (χ0) is 16.4. The summed E-state index contributed by atoms with van der Waals surface area (Å²) in [6.45, 7) is 0. The van der Waals surface area contributed by atoms with Gasteiger partial charge in [0.05, 0.1) is 18.1 Å². The van der Waals surface area contributed by atoms with Crippen LogP contribution in [0.25, 0.3) is 22.4 Å². The largest absolute Gasteiger partial charge is 0.451 e. The standard InChI is InChI=1S/C19H13N3O2/c23-19(17-10-14-8-4-5-9-16(14)24-17)22-15-11-20-18(21-12-15)13-6-2-1-3-7-13/h1-12H,(H,22,23). The number of hydrogen-bond acceptors (Lipinski definition) is 4. The topological polar surface area (TPSA) is 68.0 Å². The summed E-state index contributed by atoms with van der Waals surface area (Å²) in [5.74, 6) is 0.530. The number of aromatic nitrogens is 2. The van der Waals surface area contributed by atoms with Crippen LogP contribution in [0, 0.1) is 0 Å². The molecule has 5 heteroatoms. The van der Waals surface area contributed by atoms with E-state index in [1.165, 1.54) is 0 Å². The first-order valence-corrected chi connectivity index (χ1v) is 7.47. The van der Waals surface area contributed by atoms with Crippen molar-refractivity contribution >= 4 is 22.6 Å². The molecular weight excluding hydrogens is 302 g/mol. The second kappa shape index (κ2) is 5.96. The Labute approximate surface area is 138 Å². The molecule has 0 fully saturated rings. The molecule has 0 aliphatic rings. The quantitative estimate of drug-likeness (QED) is 0.617. The maximum atomic E-state index is 12.3. The smallest absolute Gasteiger partial charge is 0.291 e. The Kier molecular flexibility index (Phi) is 3.51. The van der Waals surface area contributed by atoms with Crippen molar-refractivity contribution in [3.05, 3.63) is 78.8 Å². The fourth-order valence-corrected chi connectivity index (χ4v) is 2.42. The second-order valence-corrected chi connectivity index (χ2v) is 5.26. The number of amides is 1. The van der Waals surface area contributed by atoms with Crippen LogP contribution in [0.1, 0.15) is 10.6 Å². The van der Waals surface area contributed by atoms with Gasteiger partial charge < -0.3 is 9.73 Å². The molecule has 0 atom stereocenters. The highest BCUT2D eigenvalue weighted by atomic mass is 16.3. The number of benzene rings is 2. The molecule has 0 saturated carbocycles. The monoisotopic (exact) mass is 315 g/mol. The van der Waals surface area contributed by atoms with E-state index >= 15 is 0 Å². The third kappa shape index (κ3) is 2.75. The minimum Gasteiger partial charge on any atom is -0.451 e. The van der Waals surface area contributed by atoms with Gasteiger partial charge in [0.1, 0.15) is 5.58 Å². The van der Waals surface area contributed by atoms with Crippen LogP contribution >= 0.6 is 0 Å². The molecule has 0 radical (unpaired) electrons. The lowest BCUT2D eigenvalue weighted by atomic mass is 10.2. The summed E-state index contributed by atoms with van der Waals surface area (Å²) < 4.78 is 5.54. The van der Waals surface area contributed by atoms with Crippen molar-refractivity contribution < 1.29 is 9.21 Å².